The van der Waals surface area contributed by atoms with Crippen LogP contribution < -0.4 is 0 Å². The van der Waals surface area contributed by atoms with Gasteiger partial charge in [-0.05, 0) is 41.4 Å². The molecule has 2 heterocycles. The van der Waals surface area contributed by atoms with Gasteiger partial charge in [0.25, 0.3) is 0 Å². The Morgan fingerprint density at radius 1 is 1.53 bits per heavy atom. The summed E-state index contributed by atoms with van der Waals surface area (Å²) in [7, 11) is 1.32. The molecule has 4 nitrogen and oxygen atoms in total. The summed E-state index contributed by atoms with van der Waals surface area (Å²) in [5.74, 6) is 0.190. The fourth-order valence-corrected chi connectivity index (χ4v) is 3.43. The van der Waals surface area contributed by atoms with Crippen LogP contribution in [-0.4, -0.2) is 23.0 Å². The number of hydrogen-bond acceptors (Lipinski definition) is 5. The Kier molecular flexibility index (Phi) is 4.17. The van der Waals surface area contributed by atoms with E-state index in [1.54, 1.807) is 18.3 Å². The first-order chi connectivity index (χ1) is 8.93. The molecule has 0 amide bonds. The van der Waals surface area contributed by atoms with Crippen LogP contribution in [0.15, 0.2) is 9.85 Å². The van der Waals surface area contributed by atoms with Crippen LogP contribution in [0.1, 0.15) is 21.6 Å². The van der Waals surface area contributed by atoms with Crippen molar-refractivity contribution in [3.63, 3.8) is 0 Å². The van der Waals surface area contributed by atoms with Crippen LogP contribution in [-0.2, 0) is 4.74 Å². The monoisotopic (exact) mass is 358 g/mol. The molecule has 100 valence electrons. The van der Waals surface area contributed by atoms with Crippen molar-refractivity contribution in [2.24, 2.45) is 0 Å². The van der Waals surface area contributed by atoms with Gasteiger partial charge in [-0.15, -0.1) is 11.3 Å². The number of ether oxygens (including phenoxy) is 1. The van der Waals surface area contributed by atoms with Crippen LogP contribution in [0.2, 0.25) is 0 Å². The van der Waals surface area contributed by atoms with Gasteiger partial charge >= 0.3 is 5.97 Å². The van der Waals surface area contributed by atoms with Crippen LogP contribution in [0.4, 0.5) is 0 Å². The number of thiophene rings is 1. The van der Waals surface area contributed by atoms with Gasteiger partial charge in [0, 0.05) is 5.69 Å². The van der Waals surface area contributed by atoms with Gasteiger partial charge in [0.1, 0.15) is 16.0 Å². The molecule has 0 aliphatic heterocycles. The summed E-state index contributed by atoms with van der Waals surface area (Å²) in [6.07, 6.45) is 0. The molecule has 2 aromatic heterocycles. The number of nitrogens with zero attached hydrogens (tertiary/aromatic N) is 1. The number of rotatable bonds is 2. The Hall–Kier alpha value is -1.05. The van der Waals surface area contributed by atoms with Crippen molar-refractivity contribution >= 4 is 45.5 Å². The highest BCUT2D eigenvalue weighted by molar-refractivity contribution is 9.11. The number of hydrogen-bond donors (Lipinski definition) is 1. The molecule has 0 saturated heterocycles. The Morgan fingerprint density at radius 2 is 2.21 bits per heavy atom. The van der Waals surface area contributed by atoms with Crippen molar-refractivity contribution in [2.45, 2.75) is 13.8 Å². The normalized spacial score (nSPS) is 10.5. The highest BCUT2D eigenvalue weighted by Gasteiger charge is 2.16. The van der Waals surface area contributed by atoms with E-state index in [0.29, 0.717) is 17.1 Å². The predicted octanol–water partition coefficient (Wildman–Crippen LogP) is 4.03. The van der Waals surface area contributed by atoms with E-state index in [9.17, 15) is 4.79 Å². The number of carbonyl (C=O) groups is 1. The molecule has 7 heteroatoms. The van der Waals surface area contributed by atoms with E-state index in [4.69, 9.17) is 17.0 Å². The number of aromatic amines is 1. The standard InChI is InChI=1S/C12H11BrN2O2S2/c1-5-4-7(19-9(5)13)10-14-6(2)8(11(18)15-10)12(16)17-3/h4H,1-3H3,(H,14,15,18). The molecule has 0 aliphatic rings. The third-order valence-electron chi connectivity index (χ3n) is 2.59. The lowest BCUT2D eigenvalue weighted by molar-refractivity contribution is 0.0598. The van der Waals surface area contributed by atoms with Crippen molar-refractivity contribution in [3.8, 4) is 10.7 Å². The maximum absolute atomic E-state index is 11.6. The second-order valence-electron chi connectivity index (χ2n) is 3.95. The summed E-state index contributed by atoms with van der Waals surface area (Å²) in [4.78, 5) is 20.0. The largest absolute Gasteiger partial charge is 0.465 e. The number of carbonyl (C=O) groups excluding carboxylic acids is 1. The SMILES string of the molecule is COC(=O)c1c(C)[nH]c(-c2cc(C)c(Br)s2)nc1=S. The molecule has 0 bridgehead atoms. The zero-order valence-corrected chi connectivity index (χ0v) is 13.8. The minimum atomic E-state index is -0.471. The quantitative estimate of drug-likeness (QED) is 0.650. The van der Waals surface area contributed by atoms with Gasteiger partial charge < -0.3 is 9.72 Å². The third-order valence-corrected chi connectivity index (χ3v) is 5.03. The van der Waals surface area contributed by atoms with Crippen LogP contribution >= 0.6 is 39.5 Å². The fourth-order valence-electron chi connectivity index (χ4n) is 1.62. The summed E-state index contributed by atoms with van der Waals surface area (Å²) < 4.78 is 6.00. The van der Waals surface area contributed by atoms with E-state index in [0.717, 1.165) is 14.2 Å². The molecule has 2 aromatic rings. The topological polar surface area (TPSA) is 55.0 Å². The molecule has 0 radical (unpaired) electrons. The van der Waals surface area contributed by atoms with Crippen LogP contribution in [0, 0.1) is 18.5 Å². The lowest BCUT2D eigenvalue weighted by Crippen LogP contribution is -2.08. The summed E-state index contributed by atoms with van der Waals surface area (Å²) in [5.41, 5.74) is 2.11. The van der Waals surface area contributed by atoms with E-state index >= 15 is 0 Å². The second kappa shape index (κ2) is 5.52. The molecule has 0 fully saturated rings. The zero-order valence-electron chi connectivity index (χ0n) is 10.5. The molecule has 19 heavy (non-hydrogen) atoms. The summed E-state index contributed by atoms with van der Waals surface area (Å²) >= 11 is 10.2. The van der Waals surface area contributed by atoms with Gasteiger partial charge in [0.15, 0.2) is 0 Å². The van der Waals surface area contributed by atoms with Crippen molar-refractivity contribution in [3.05, 3.63) is 31.3 Å². The molecular formula is C12H11BrN2O2S2. The number of methoxy groups -OCH3 is 1. The van der Waals surface area contributed by atoms with Crippen molar-refractivity contribution in [2.75, 3.05) is 7.11 Å². The van der Waals surface area contributed by atoms with Gasteiger partial charge in [-0.25, -0.2) is 9.78 Å². The first kappa shape index (κ1) is 14.4. The Balaban J connectivity index is 2.57. The number of aromatic nitrogens is 2. The first-order valence-electron chi connectivity index (χ1n) is 5.39. The molecule has 2 rings (SSSR count). The van der Waals surface area contributed by atoms with Gasteiger partial charge in [-0.1, -0.05) is 12.2 Å². The number of nitrogens with one attached hydrogen (secondary N) is 1. The summed E-state index contributed by atoms with van der Waals surface area (Å²) in [5, 5.41) is 0. The molecule has 1 N–H and O–H groups in total. The number of esters is 1. The van der Waals surface area contributed by atoms with Crippen LogP contribution in [0.5, 0.6) is 0 Å². The third kappa shape index (κ3) is 2.77. The van der Waals surface area contributed by atoms with Gasteiger partial charge in [0.05, 0.1) is 15.8 Å². The van der Waals surface area contributed by atoms with Gasteiger partial charge in [0.2, 0.25) is 0 Å². The van der Waals surface area contributed by atoms with Gasteiger partial charge in [-0.3, -0.25) is 0 Å². The van der Waals surface area contributed by atoms with E-state index in [1.165, 1.54) is 7.11 Å². The molecule has 0 unspecified atom stereocenters. The van der Waals surface area contributed by atoms with E-state index in [2.05, 4.69) is 25.9 Å². The number of H-pyrrole nitrogens is 1. The van der Waals surface area contributed by atoms with Crippen molar-refractivity contribution < 1.29 is 9.53 Å². The summed E-state index contributed by atoms with van der Waals surface area (Å²) in [6.45, 7) is 3.79. The molecule has 0 atom stereocenters. The maximum Gasteiger partial charge on any atom is 0.342 e. The minimum Gasteiger partial charge on any atom is -0.465 e. The molecule has 0 saturated carbocycles. The Bertz CT molecular complexity index is 687. The number of halogens is 1. The Labute approximate surface area is 128 Å². The van der Waals surface area contributed by atoms with Gasteiger partial charge in [-0.2, -0.15) is 0 Å². The Morgan fingerprint density at radius 3 is 2.68 bits per heavy atom. The lowest BCUT2D eigenvalue weighted by Gasteiger charge is -2.06. The average Bonchev–Trinajstić information content (AvgIpc) is 2.68. The zero-order chi connectivity index (χ0) is 14.2. The second-order valence-corrected chi connectivity index (χ2v) is 6.71. The highest BCUT2D eigenvalue weighted by atomic mass is 79.9. The average molecular weight is 359 g/mol. The van der Waals surface area contributed by atoms with Crippen LogP contribution in [0.3, 0.4) is 0 Å². The molecule has 0 aromatic carbocycles. The summed E-state index contributed by atoms with van der Waals surface area (Å²) in [6, 6.07) is 2.01. The van der Waals surface area contributed by atoms with E-state index < -0.39 is 5.97 Å². The van der Waals surface area contributed by atoms with Crippen molar-refractivity contribution in [1.29, 1.82) is 0 Å². The lowest BCUT2D eigenvalue weighted by atomic mass is 10.2. The highest BCUT2D eigenvalue weighted by Crippen LogP contribution is 2.33. The predicted molar refractivity (Wildman–Crippen MR) is 81.2 cm³/mol. The first-order valence-corrected chi connectivity index (χ1v) is 7.41. The fraction of sp³-hybridized carbons (Fsp3) is 0.250. The van der Waals surface area contributed by atoms with Crippen molar-refractivity contribution in [1.82, 2.24) is 9.97 Å². The minimum absolute atomic E-state index is 0.250. The van der Waals surface area contributed by atoms with E-state index in [-0.39, 0.29) is 4.64 Å². The molecule has 0 aliphatic carbocycles. The van der Waals surface area contributed by atoms with E-state index in [1.807, 2.05) is 13.0 Å². The van der Waals surface area contributed by atoms with Crippen LogP contribution in [0.25, 0.3) is 10.7 Å². The number of aryl methyl sites for hydroxylation is 2. The maximum atomic E-state index is 11.6. The smallest absolute Gasteiger partial charge is 0.342 e. The molecular weight excluding hydrogens is 348 g/mol. The molecule has 0 spiro atoms.